The van der Waals surface area contributed by atoms with Crippen LogP contribution >= 0.6 is 0 Å². The average molecular weight is 252 g/mol. The van der Waals surface area contributed by atoms with Gasteiger partial charge in [0, 0.05) is 6.07 Å². The summed E-state index contributed by atoms with van der Waals surface area (Å²) < 4.78 is 9.67. The van der Waals surface area contributed by atoms with Gasteiger partial charge in [0.15, 0.2) is 0 Å². The Bertz CT molecular complexity index is 388. The Balaban J connectivity index is 2.14. The molecule has 4 heteroatoms. The lowest BCUT2D eigenvalue weighted by Crippen LogP contribution is -2.08. The van der Waals surface area contributed by atoms with Gasteiger partial charge < -0.3 is 9.15 Å². The van der Waals surface area contributed by atoms with Crippen molar-refractivity contribution in [2.24, 2.45) is 0 Å². The quantitative estimate of drug-likeness (QED) is 0.526. The van der Waals surface area contributed by atoms with Crippen LogP contribution in [0.25, 0.3) is 0 Å². The first-order valence-corrected chi connectivity index (χ1v) is 6.50. The van der Waals surface area contributed by atoms with E-state index in [4.69, 9.17) is 4.74 Å². The highest BCUT2D eigenvalue weighted by molar-refractivity contribution is 5.88. The molecule has 0 aliphatic carbocycles. The van der Waals surface area contributed by atoms with Crippen molar-refractivity contribution in [2.75, 3.05) is 6.61 Å². The maximum absolute atomic E-state index is 11.5. The number of carbonyl (C=O) groups excluding carboxylic acids is 1. The molecule has 18 heavy (non-hydrogen) atoms. The lowest BCUT2D eigenvalue weighted by Gasteiger charge is -2.04. The van der Waals surface area contributed by atoms with Gasteiger partial charge in [-0.05, 0) is 12.5 Å². The summed E-state index contributed by atoms with van der Waals surface area (Å²) in [5.41, 5.74) is -0.192. The van der Waals surface area contributed by atoms with E-state index in [1.54, 1.807) is 0 Å². The predicted octanol–water partition coefficient (Wildman–Crippen LogP) is 3.16. The average Bonchev–Trinajstić information content (AvgIpc) is 2.38. The van der Waals surface area contributed by atoms with Crippen molar-refractivity contribution in [1.29, 1.82) is 0 Å². The van der Waals surface area contributed by atoms with Crippen LogP contribution in [0, 0.1) is 0 Å². The van der Waals surface area contributed by atoms with Crippen LogP contribution in [0.15, 0.2) is 27.6 Å². The minimum Gasteiger partial charge on any atom is -0.462 e. The Morgan fingerprint density at radius 3 is 2.56 bits per heavy atom. The molecule has 1 heterocycles. The third kappa shape index (κ3) is 5.66. The molecule has 0 radical (unpaired) electrons. The van der Waals surface area contributed by atoms with Crippen LogP contribution in [0.4, 0.5) is 0 Å². The molecule has 0 amide bonds. The Morgan fingerprint density at radius 1 is 1.17 bits per heavy atom. The molecular formula is C14H20O4. The van der Waals surface area contributed by atoms with Crippen LogP contribution in [-0.2, 0) is 4.74 Å². The molecule has 100 valence electrons. The van der Waals surface area contributed by atoms with E-state index >= 15 is 0 Å². The lowest BCUT2D eigenvalue weighted by molar-refractivity contribution is 0.0494. The largest absolute Gasteiger partial charge is 0.462 e. The second-order valence-electron chi connectivity index (χ2n) is 4.25. The summed E-state index contributed by atoms with van der Waals surface area (Å²) in [4.78, 5) is 22.2. The zero-order chi connectivity index (χ0) is 13.2. The molecule has 0 spiro atoms. The van der Waals surface area contributed by atoms with Crippen molar-refractivity contribution in [2.45, 2.75) is 45.4 Å². The summed E-state index contributed by atoms with van der Waals surface area (Å²) in [5, 5.41) is 0. The smallest absolute Gasteiger partial charge is 0.341 e. The van der Waals surface area contributed by atoms with Crippen LogP contribution in [0.1, 0.15) is 55.8 Å². The Morgan fingerprint density at radius 2 is 1.89 bits per heavy atom. The highest BCUT2D eigenvalue weighted by atomic mass is 16.5. The topological polar surface area (TPSA) is 56.5 Å². The molecule has 0 saturated carbocycles. The van der Waals surface area contributed by atoms with Gasteiger partial charge in [-0.1, -0.05) is 39.0 Å². The number of carbonyl (C=O) groups is 1. The molecule has 0 bridgehead atoms. The summed E-state index contributed by atoms with van der Waals surface area (Å²) in [6, 6.07) is 2.62. The molecular weight excluding hydrogens is 232 g/mol. The van der Waals surface area contributed by atoms with Crippen molar-refractivity contribution < 1.29 is 13.9 Å². The van der Waals surface area contributed by atoms with Gasteiger partial charge in [0.1, 0.15) is 6.26 Å². The van der Waals surface area contributed by atoms with Crippen molar-refractivity contribution in [3.8, 4) is 0 Å². The molecule has 0 fully saturated rings. The SMILES string of the molecule is CCCCCCCCOC(=O)c1ccc(=O)oc1. The third-order valence-corrected chi connectivity index (χ3v) is 2.67. The van der Waals surface area contributed by atoms with Gasteiger partial charge in [0.05, 0.1) is 12.2 Å². The van der Waals surface area contributed by atoms with E-state index in [1.165, 1.54) is 37.8 Å². The van der Waals surface area contributed by atoms with Gasteiger partial charge in [-0.3, -0.25) is 0 Å². The zero-order valence-electron chi connectivity index (χ0n) is 10.8. The Labute approximate surface area is 107 Å². The van der Waals surface area contributed by atoms with Gasteiger partial charge in [0.25, 0.3) is 0 Å². The molecule has 4 nitrogen and oxygen atoms in total. The van der Waals surface area contributed by atoms with E-state index in [-0.39, 0.29) is 5.56 Å². The summed E-state index contributed by atoms with van der Waals surface area (Å²) in [6.45, 7) is 2.60. The molecule has 0 N–H and O–H groups in total. The minimum absolute atomic E-state index is 0.278. The maximum Gasteiger partial charge on any atom is 0.341 e. The molecule has 0 atom stereocenters. The minimum atomic E-state index is -0.470. The van der Waals surface area contributed by atoms with Crippen LogP contribution in [-0.4, -0.2) is 12.6 Å². The molecule has 0 unspecified atom stereocenters. The highest BCUT2D eigenvalue weighted by Gasteiger charge is 2.07. The summed E-state index contributed by atoms with van der Waals surface area (Å²) >= 11 is 0. The Kier molecular flexibility index (Phi) is 6.84. The number of ether oxygens (including phenoxy) is 1. The van der Waals surface area contributed by atoms with Gasteiger partial charge in [-0.25, -0.2) is 9.59 Å². The van der Waals surface area contributed by atoms with E-state index in [1.807, 2.05) is 0 Å². The second-order valence-corrected chi connectivity index (χ2v) is 4.25. The van der Waals surface area contributed by atoms with Gasteiger partial charge >= 0.3 is 11.6 Å². The van der Waals surface area contributed by atoms with Crippen molar-refractivity contribution in [3.05, 3.63) is 34.4 Å². The van der Waals surface area contributed by atoms with Gasteiger partial charge in [-0.2, -0.15) is 0 Å². The molecule has 0 saturated heterocycles. The lowest BCUT2D eigenvalue weighted by atomic mass is 10.1. The number of hydrogen-bond donors (Lipinski definition) is 0. The molecule has 1 rings (SSSR count). The molecule has 0 aliphatic heterocycles. The first-order chi connectivity index (χ1) is 8.74. The van der Waals surface area contributed by atoms with E-state index < -0.39 is 11.6 Å². The van der Waals surface area contributed by atoms with E-state index in [0.717, 1.165) is 19.1 Å². The zero-order valence-corrected chi connectivity index (χ0v) is 10.8. The van der Waals surface area contributed by atoms with Crippen LogP contribution in [0.2, 0.25) is 0 Å². The van der Waals surface area contributed by atoms with Gasteiger partial charge in [0.2, 0.25) is 0 Å². The van der Waals surface area contributed by atoms with Crippen LogP contribution in [0.3, 0.4) is 0 Å². The molecule has 0 aliphatic rings. The second kappa shape index (κ2) is 8.50. The van der Waals surface area contributed by atoms with Crippen molar-refractivity contribution in [3.63, 3.8) is 0 Å². The monoisotopic (exact) mass is 252 g/mol. The third-order valence-electron chi connectivity index (χ3n) is 2.67. The molecule has 0 aromatic carbocycles. The fourth-order valence-corrected chi connectivity index (χ4v) is 1.60. The summed E-state index contributed by atoms with van der Waals surface area (Å²) in [5.74, 6) is -0.438. The predicted molar refractivity (Wildman–Crippen MR) is 68.6 cm³/mol. The molecule has 1 aromatic heterocycles. The first kappa shape index (κ1) is 14.5. The summed E-state index contributed by atoms with van der Waals surface area (Å²) in [7, 11) is 0. The summed E-state index contributed by atoms with van der Waals surface area (Å²) in [6.07, 6.45) is 8.02. The fourth-order valence-electron chi connectivity index (χ4n) is 1.60. The van der Waals surface area contributed by atoms with Crippen LogP contribution in [0.5, 0.6) is 0 Å². The fraction of sp³-hybridized carbons (Fsp3) is 0.571. The standard InChI is InChI=1S/C14H20O4/c1-2-3-4-5-6-7-10-17-14(16)12-8-9-13(15)18-11-12/h8-9,11H,2-7,10H2,1H3. The number of rotatable bonds is 8. The van der Waals surface area contributed by atoms with E-state index in [0.29, 0.717) is 6.61 Å². The first-order valence-electron chi connectivity index (χ1n) is 6.50. The van der Waals surface area contributed by atoms with Crippen LogP contribution < -0.4 is 5.63 Å². The highest BCUT2D eigenvalue weighted by Crippen LogP contribution is 2.06. The van der Waals surface area contributed by atoms with Gasteiger partial charge in [-0.15, -0.1) is 0 Å². The molecule has 1 aromatic rings. The van der Waals surface area contributed by atoms with Crippen molar-refractivity contribution >= 4 is 5.97 Å². The number of hydrogen-bond acceptors (Lipinski definition) is 4. The maximum atomic E-state index is 11.5. The number of esters is 1. The Hall–Kier alpha value is -1.58. The normalized spacial score (nSPS) is 10.3. The van der Waals surface area contributed by atoms with E-state index in [9.17, 15) is 9.59 Å². The van der Waals surface area contributed by atoms with E-state index in [2.05, 4.69) is 11.3 Å². The van der Waals surface area contributed by atoms with Crippen molar-refractivity contribution in [1.82, 2.24) is 0 Å². The number of unbranched alkanes of at least 4 members (excludes halogenated alkanes) is 5.